The van der Waals surface area contributed by atoms with Crippen molar-refractivity contribution < 1.29 is 4.79 Å². The predicted molar refractivity (Wildman–Crippen MR) is 89.9 cm³/mol. The number of hydrogen-bond donors (Lipinski definition) is 2. The molecule has 0 saturated heterocycles. The molecule has 0 fully saturated rings. The Labute approximate surface area is 129 Å². The second-order valence-electron chi connectivity index (χ2n) is 5.71. The van der Waals surface area contributed by atoms with Gasteiger partial charge in [-0.25, -0.2) is 4.98 Å². The molecule has 1 amide bonds. The Bertz CT molecular complexity index is 828. The third-order valence-electron chi connectivity index (χ3n) is 3.65. The fourth-order valence-corrected chi connectivity index (χ4v) is 2.67. The van der Waals surface area contributed by atoms with Crippen LogP contribution < -0.4 is 5.32 Å². The maximum atomic E-state index is 11.3. The van der Waals surface area contributed by atoms with Crippen molar-refractivity contribution >= 4 is 22.6 Å². The summed E-state index contributed by atoms with van der Waals surface area (Å²) in [7, 11) is 0. The third kappa shape index (κ3) is 2.60. The standard InChI is InChI=1S/C18H19N3O/c1-11(2)16-17(21-18(20-16)19-12(3)22)15-10-6-8-13-7-4-5-9-14(13)15/h4-11H,1-3H3,(H2,19,20,21,22). The molecule has 1 aromatic heterocycles. The van der Waals surface area contributed by atoms with Gasteiger partial charge in [0.1, 0.15) is 0 Å². The van der Waals surface area contributed by atoms with Gasteiger partial charge in [0, 0.05) is 18.2 Å². The summed E-state index contributed by atoms with van der Waals surface area (Å²) in [5, 5.41) is 5.07. The lowest BCUT2D eigenvalue weighted by Gasteiger charge is -2.08. The van der Waals surface area contributed by atoms with Gasteiger partial charge in [-0.05, 0) is 16.7 Å². The molecule has 0 saturated carbocycles. The zero-order chi connectivity index (χ0) is 15.7. The van der Waals surface area contributed by atoms with Gasteiger partial charge < -0.3 is 4.98 Å². The van der Waals surface area contributed by atoms with Crippen LogP contribution in [0.3, 0.4) is 0 Å². The molecule has 0 unspecified atom stereocenters. The Balaban J connectivity index is 2.21. The topological polar surface area (TPSA) is 57.8 Å². The Morgan fingerprint density at radius 3 is 2.59 bits per heavy atom. The van der Waals surface area contributed by atoms with Gasteiger partial charge in [-0.3, -0.25) is 10.1 Å². The molecule has 2 aromatic carbocycles. The van der Waals surface area contributed by atoms with Gasteiger partial charge in [0.05, 0.1) is 5.69 Å². The van der Waals surface area contributed by atoms with Crippen molar-refractivity contribution in [3.63, 3.8) is 0 Å². The van der Waals surface area contributed by atoms with Gasteiger partial charge in [-0.2, -0.15) is 0 Å². The lowest BCUT2D eigenvalue weighted by molar-refractivity contribution is -0.114. The minimum absolute atomic E-state index is 0.131. The normalized spacial score (nSPS) is 11.1. The van der Waals surface area contributed by atoms with Crippen molar-refractivity contribution in [1.29, 1.82) is 0 Å². The summed E-state index contributed by atoms with van der Waals surface area (Å²) in [6.07, 6.45) is 0. The lowest BCUT2D eigenvalue weighted by Crippen LogP contribution is -2.07. The van der Waals surface area contributed by atoms with Crippen LogP contribution in [0.4, 0.5) is 5.95 Å². The van der Waals surface area contributed by atoms with Crippen LogP contribution in [0.1, 0.15) is 32.4 Å². The molecule has 4 nitrogen and oxygen atoms in total. The molecule has 0 aliphatic rings. The van der Waals surface area contributed by atoms with Gasteiger partial charge >= 0.3 is 0 Å². The summed E-state index contributed by atoms with van der Waals surface area (Å²) in [6.45, 7) is 5.70. The quantitative estimate of drug-likeness (QED) is 0.756. The molecule has 0 bridgehead atoms. The summed E-state index contributed by atoms with van der Waals surface area (Å²) >= 11 is 0. The summed E-state index contributed by atoms with van der Waals surface area (Å²) in [4.78, 5) is 19.1. The smallest absolute Gasteiger partial charge is 0.223 e. The first-order chi connectivity index (χ1) is 10.6. The molecule has 4 heteroatoms. The van der Waals surface area contributed by atoms with Crippen LogP contribution in [0.15, 0.2) is 42.5 Å². The van der Waals surface area contributed by atoms with E-state index in [1.54, 1.807) is 0 Å². The largest absolute Gasteiger partial charge is 0.327 e. The number of amides is 1. The molecule has 3 aromatic rings. The Kier molecular flexibility index (Phi) is 3.67. The number of aromatic nitrogens is 2. The minimum Gasteiger partial charge on any atom is -0.327 e. The Morgan fingerprint density at radius 2 is 1.86 bits per heavy atom. The predicted octanol–water partition coefficient (Wildman–Crippen LogP) is 4.31. The number of rotatable bonds is 3. The first kappa shape index (κ1) is 14.3. The number of nitrogens with zero attached hydrogens (tertiary/aromatic N) is 1. The average molecular weight is 293 g/mol. The molecule has 2 N–H and O–H groups in total. The average Bonchev–Trinajstić information content (AvgIpc) is 2.89. The van der Waals surface area contributed by atoms with Crippen LogP contribution >= 0.6 is 0 Å². The molecular weight excluding hydrogens is 274 g/mol. The summed E-state index contributed by atoms with van der Waals surface area (Å²) in [6, 6.07) is 14.5. The molecule has 1 heterocycles. The molecule has 3 rings (SSSR count). The number of fused-ring (bicyclic) bond motifs is 1. The van der Waals surface area contributed by atoms with Gasteiger partial charge in [-0.15, -0.1) is 0 Å². The highest BCUT2D eigenvalue weighted by molar-refractivity contribution is 5.97. The first-order valence-corrected chi connectivity index (χ1v) is 7.42. The fraction of sp³-hybridized carbons (Fsp3) is 0.222. The number of nitrogens with one attached hydrogen (secondary N) is 2. The highest BCUT2D eigenvalue weighted by Gasteiger charge is 2.17. The van der Waals surface area contributed by atoms with Crippen molar-refractivity contribution in [3.05, 3.63) is 48.2 Å². The van der Waals surface area contributed by atoms with Crippen molar-refractivity contribution in [1.82, 2.24) is 9.97 Å². The summed E-state index contributed by atoms with van der Waals surface area (Å²) in [5.74, 6) is 0.650. The van der Waals surface area contributed by atoms with Crippen molar-refractivity contribution in [3.8, 4) is 11.3 Å². The van der Waals surface area contributed by atoms with Crippen LogP contribution in [-0.4, -0.2) is 15.9 Å². The van der Waals surface area contributed by atoms with E-state index >= 15 is 0 Å². The number of carbonyl (C=O) groups is 1. The zero-order valence-corrected chi connectivity index (χ0v) is 13.0. The second-order valence-corrected chi connectivity index (χ2v) is 5.71. The van der Waals surface area contributed by atoms with Crippen LogP contribution in [0, 0.1) is 0 Å². The molecule has 0 aliphatic heterocycles. The highest BCUT2D eigenvalue weighted by Crippen LogP contribution is 2.33. The maximum absolute atomic E-state index is 11.3. The fourth-order valence-electron chi connectivity index (χ4n) is 2.67. The van der Waals surface area contributed by atoms with Gasteiger partial charge in [0.25, 0.3) is 0 Å². The van der Waals surface area contributed by atoms with Gasteiger partial charge in [0.2, 0.25) is 11.9 Å². The number of H-pyrrole nitrogens is 1. The molecule has 0 aliphatic carbocycles. The number of carbonyl (C=O) groups excluding carboxylic acids is 1. The third-order valence-corrected chi connectivity index (χ3v) is 3.65. The van der Waals surface area contributed by atoms with Gasteiger partial charge in [-0.1, -0.05) is 56.3 Å². The Morgan fingerprint density at radius 1 is 1.14 bits per heavy atom. The van der Waals surface area contributed by atoms with Gasteiger partial charge in [0.15, 0.2) is 0 Å². The van der Waals surface area contributed by atoms with Crippen LogP contribution in [-0.2, 0) is 4.79 Å². The zero-order valence-electron chi connectivity index (χ0n) is 13.0. The van der Waals surface area contributed by atoms with E-state index in [1.807, 2.05) is 18.2 Å². The summed E-state index contributed by atoms with van der Waals surface area (Å²) < 4.78 is 0. The SMILES string of the molecule is CC(=O)Nc1nc(-c2cccc3ccccc23)c(C(C)C)[nH]1. The number of imidazole rings is 1. The van der Waals surface area contributed by atoms with Crippen molar-refractivity contribution in [2.75, 3.05) is 5.32 Å². The van der Waals surface area contributed by atoms with Crippen LogP contribution in [0.25, 0.3) is 22.0 Å². The van der Waals surface area contributed by atoms with E-state index in [9.17, 15) is 4.79 Å². The minimum atomic E-state index is -0.131. The van der Waals surface area contributed by atoms with E-state index < -0.39 is 0 Å². The monoisotopic (exact) mass is 293 g/mol. The van der Waals surface area contributed by atoms with E-state index in [0.717, 1.165) is 22.3 Å². The molecule has 0 spiro atoms. The van der Waals surface area contributed by atoms with E-state index in [2.05, 4.69) is 53.4 Å². The highest BCUT2D eigenvalue weighted by atomic mass is 16.1. The first-order valence-electron chi connectivity index (χ1n) is 7.42. The van der Waals surface area contributed by atoms with Crippen LogP contribution in [0.2, 0.25) is 0 Å². The van der Waals surface area contributed by atoms with E-state index in [1.165, 1.54) is 12.3 Å². The number of aromatic amines is 1. The van der Waals surface area contributed by atoms with E-state index in [0.29, 0.717) is 5.95 Å². The number of benzene rings is 2. The summed E-state index contributed by atoms with van der Waals surface area (Å²) in [5.41, 5.74) is 3.00. The maximum Gasteiger partial charge on any atom is 0.223 e. The van der Waals surface area contributed by atoms with Crippen molar-refractivity contribution in [2.24, 2.45) is 0 Å². The lowest BCUT2D eigenvalue weighted by atomic mass is 9.98. The molecule has 22 heavy (non-hydrogen) atoms. The number of hydrogen-bond acceptors (Lipinski definition) is 2. The molecule has 112 valence electrons. The molecule has 0 atom stereocenters. The van der Waals surface area contributed by atoms with Crippen molar-refractivity contribution in [2.45, 2.75) is 26.7 Å². The van der Waals surface area contributed by atoms with Crippen LogP contribution in [0.5, 0.6) is 0 Å². The Hall–Kier alpha value is -2.62. The van der Waals surface area contributed by atoms with E-state index in [4.69, 9.17) is 0 Å². The number of anilines is 1. The molecule has 0 radical (unpaired) electrons. The second kappa shape index (κ2) is 5.64. The van der Waals surface area contributed by atoms with E-state index in [-0.39, 0.29) is 11.8 Å². The molecular formula is C18H19N3O.